The molecule has 25 heavy (non-hydrogen) atoms. The van der Waals surface area contributed by atoms with E-state index in [1.807, 2.05) is 4.68 Å². The number of hydrogen-bond donors (Lipinski definition) is 2. The first-order valence-corrected chi connectivity index (χ1v) is 10.7. The number of carbonyl (C=O) groups is 1. The average Bonchev–Trinajstić information content (AvgIpc) is 3.00. The highest BCUT2D eigenvalue weighted by Gasteiger charge is 2.26. The zero-order valence-corrected chi connectivity index (χ0v) is 15.5. The van der Waals surface area contributed by atoms with Gasteiger partial charge >= 0.3 is 0 Å². The molecule has 0 bridgehead atoms. The second-order valence-corrected chi connectivity index (χ2v) is 8.94. The molecule has 0 aromatic carbocycles. The smallest absolute Gasteiger partial charge is 0.220 e. The highest BCUT2D eigenvalue weighted by Crippen LogP contribution is 2.18. The van der Waals surface area contributed by atoms with Gasteiger partial charge in [0.15, 0.2) is 0 Å². The fourth-order valence-electron chi connectivity index (χ4n) is 3.46. The van der Waals surface area contributed by atoms with Crippen LogP contribution >= 0.6 is 0 Å². The zero-order chi connectivity index (χ0) is 17.9. The Balaban J connectivity index is 1.41. The Morgan fingerprint density at radius 2 is 2.28 bits per heavy atom. The zero-order valence-electron chi connectivity index (χ0n) is 14.7. The minimum atomic E-state index is -3.14. The van der Waals surface area contributed by atoms with Crippen LogP contribution < -0.4 is 10.6 Å². The number of rotatable bonds is 6. The van der Waals surface area contributed by atoms with Gasteiger partial charge in [0.1, 0.15) is 0 Å². The molecule has 1 amide bonds. The number of carbonyl (C=O) groups excluding carboxylic acids is 1. The lowest BCUT2D eigenvalue weighted by molar-refractivity contribution is -0.121. The molecule has 3 rings (SSSR count). The quantitative estimate of drug-likeness (QED) is 0.718. The van der Waals surface area contributed by atoms with Crippen LogP contribution in [0, 0.1) is 5.92 Å². The third-order valence-corrected chi connectivity index (χ3v) is 6.14. The summed E-state index contributed by atoms with van der Waals surface area (Å²) in [5.74, 6) is 0.194. The van der Waals surface area contributed by atoms with Crippen molar-refractivity contribution in [1.82, 2.24) is 24.7 Å². The lowest BCUT2D eigenvalue weighted by Gasteiger charge is -2.30. The topological polar surface area (TPSA) is 96.3 Å². The summed E-state index contributed by atoms with van der Waals surface area (Å²) < 4.78 is 26.8. The molecule has 1 aromatic rings. The number of nitrogens with zero attached hydrogens (tertiary/aromatic N) is 3. The molecule has 2 N–H and O–H groups in total. The summed E-state index contributed by atoms with van der Waals surface area (Å²) >= 11 is 0. The molecule has 9 heteroatoms. The van der Waals surface area contributed by atoms with Crippen LogP contribution in [0.5, 0.6) is 0 Å². The molecule has 1 saturated heterocycles. The first kappa shape index (κ1) is 18.3. The molecule has 1 fully saturated rings. The van der Waals surface area contributed by atoms with E-state index in [4.69, 9.17) is 0 Å². The SMILES string of the molecule is CS(=O)(=O)N1CCCC(CNC(=O)CCc2cc3n(n2)CCNC3)C1. The Morgan fingerprint density at radius 1 is 1.44 bits per heavy atom. The van der Waals surface area contributed by atoms with E-state index in [1.165, 1.54) is 16.3 Å². The van der Waals surface area contributed by atoms with Crippen LogP contribution in [0.25, 0.3) is 0 Å². The Bertz CT molecular complexity index is 692. The molecule has 1 aromatic heterocycles. The summed E-state index contributed by atoms with van der Waals surface area (Å²) in [6.45, 7) is 4.26. The number of hydrogen-bond acceptors (Lipinski definition) is 5. The van der Waals surface area contributed by atoms with Crippen molar-refractivity contribution in [2.24, 2.45) is 5.92 Å². The summed E-state index contributed by atoms with van der Waals surface area (Å²) in [5.41, 5.74) is 2.12. The van der Waals surface area contributed by atoms with Crippen molar-refractivity contribution >= 4 is 15.9 Å². The molecule has 140 valence electrons. The number of nitrogens with one attached hydrogen (secondary N) is 2. The molecule has 3 heterocycles. The van der Waals surface area contributed by atoms with Crippen LogP contribution in [0.3, 0.4) is 0 Å². The number of aryl methyl sites for hydroxylation is 1. The van der Waals surface area contributed by atoms with Gasteiger partial charge in [-0.25, -0.2) is 12.7 Å². The predicted octanol–water partition coefficient (Wildman–Crippen LogP) is -0.293. The molecule has 1 atom stereocenters. The van der Waals surface area contributed by atoms with Crippen molar-refractivity contribution in [3.05, 3.63) is 17.5 Å². The number of aromatic nitrogens is 2. The Labute approximate surface area is 149 Å². The lowest BCUT2D eigenvalue weighted by atomic mass is 9.99. The Morgan fingerprint density at radius 3 is 3.04 bits per heavy atom. The van der Waals surface area contributed by atoms with Crippen LogP contribution in [0.1, 0.15) is 30.7 Å². The van der Waals surface area contributed by atoms with E-state index < -0.39 is 10.0 Å². The van der Waals surface area contributed by atoms with Gasteiger partial charge in [0.05, 0.1) is 24.2 Å². The van der Waals surface area contributed by atoms with Crippen LogP contribution in [-0.4, -0.2) is 60.8 Å². The van der Waals surface area contributed by atoms with E-state index in [-0.39, 0.29) is 11.8 Å². The predicted molar refractivity (Wildman–Crippen MR) is 94.4 cm³/mol. The van der Waals surface area contributed by atoms with Crippen LogP contribution in [0.15, 0.2) is 6.07 Å². The number of piperidine rings is 1. The highest BCUT2D eigenvalue weighted by atomic mass is 32.2. The minimum absolute atomic E-state index is 0.000533. The van der Waals surface area contributed by atoms with Crippen molar-refractivity contribution in [1.29, 1.82) is 0 Å². The molecular formula is C16H27N5O3S. The molecule has 0 aliphatic carbocycles. The maximum absolute atomic E-state index is 12.1. The molecule has 2 aliphatic rings. The Kier molecular flexibility index (Phi) is 5.75. The van der Waals surface area contributed by atoms with Crippen molar-refractivity contribution < 1.29 is 13.2 Å². The van der Waals surface area contributed by atoms with Gasteiger partial charge in [-0.2, -0.15) is 5.10 Å². The number of fused-ring (bicyclic) bond motifs is 1. The van der Waals surface area contributed by atoms with Crippen molar-refractivity contribution in [2.45, 2.75) is 38.8 Å². The molecule has 8 nitrogen and oxygen atoms in total. The van der Waals surface area contributed by atoms with Crippen LogP contribution in [0.4, 0.5) is 0 Å². The largest absolute Gasteiger partial charge is 0.356 e. The second-order valence-electron chi connectivity index (χ2n) is 6.96. The normalized spacial score (nSPS) is 21.7. The maximum Gasteiger partial charge on any atom is 0.220 e. The van der Waals surface area contributed by atoms with Gasteiger partial charge in [-0.3, -0.25) is 9.48 Å². The van der Waals surface area contributed by atoms with Gasteiger partial charge in [0, 0.05) is 45.6 Å². The van der Waals surface area contributed by atoms with E-state index in [2.05, 4.69) is 21.8 Å². The van der Waals surface area contributed by atoms with Gasteiger partial charge in [0.25, 0.3) is 0 Å². The first-order chi connectivity index (χ1) is 11.9. The van der Waals surface area contributed by atoms with Gasteiger partial charge in [-0.15, -0.1) is 0 Å². The second kappa shape index (κ2) is 7.84. The highest BCUT2D eigenvalue weighted by molar-refractivity contribution is 7.88. The lowest BCUT2D eigenvalue weighted by Crippen LogP contribution is -2.43. The van der Waals surface area contributed by atoms with E-state index >= 15 is 0 Å². The average molecular weight is 369 g/mol. The molecular weight excluding hydrogens is 342 g/mol. The van der Waals surface area contributed by atoms with E-state index in [0.29, 0.717) is 32.5 Å². The fraction of sp³-hybridized carbons (Fsp3) is 0.750. The standard InChI is InChI=1S/C16H27N5O3S/c1-25(23,24)20-7-2-3-13(12-20)10-18-16(22)5-4-14-9-15-11-17-6-8-21(15)19-14/h9,13,17H,2-8,10-12H2,1H3,(H,18,22). The molecule has 1 unspecified atom stereocenters. The Hall–Kier alpha value is -1.45. The van der Waals surface area contributed by atoms with Gasteiger partial charge < -0.3 is 10.6 Å². The molecule has 2 aliphatic heterocycles. The minimum Gasteiger partial charge on any atom is -0.356 e. The first-order valence-electron chi connectivity index (χ1n) is 8.90. The van der Waals surface area contributed by atoms with Gasteiger partial charge in [0.2, 0.25) is 15.9 Å². The molecule has 0 saturated carbocycles. The maximum atomic E-state index is 12.1. The monoisotopic (exact) mass is 369 g/mol. The summed E-state index contributed by atoms with van der Waals surface area (Å²) in [6, 6.07) is 2.06. The van der Waals surface area contributed by atoms with Crippen LogP contribution in [0.2, 0.25) is 0 Å². The fourth-order valence-corrected chi connectivity index (χ4v) is 4.40. The number of amides is 1. The third-order valence-electron chi connectivity index (χ3n) is 4.87. The van der Waals surface area contributed by atoms with Gasteiger partial charge in [-0.1, -0.05) is 0 Å². The summed E-state index contributed by atoms with van der Waals surface area (Å²) in [5, 5.41) is 10.8. The molecule has 0 spiro atoms. The van der Waals surface area contributed by atoms with Gasteiger partial charge in [-0.05, 0) is 24.8 Å². The van der Waals surface area contributed by atoms with Crippen molar-refractivity contribution in [3.63, 3.8) is 0 Å². The van der Waals surface area contributed by atoms with E-state index in [9.17, 15) is 13.2 Å². The summed E-state index contributed by atoms with van der Waals surface area (Å²) in [7, 11) is -3.14. The van der Waals surface area contributed by atoms with Crippen LogP contribution in [-0.2, 0) is 34.3 Å². The van der Waals surface area contributed by atoms with Crippen molar-refractivity contribution in [2.75, 3.05) is 32.4 Å². The van der Waals surface area contributed by atoms with Crippen molar-refractivity contribution in [3.8, 4) is 0 Å². The summed E-state index contributed by atoms with van der Waals surface area (Å²) in [6.07, 6.45) is 4.08. The number of sulfonamides is 1. The van der Waals surface area contributed by atoms with E-state index in [0.717, 1.165) is 38.2 Å². The van der Waals surface area contributed by atoms with E-state index in [1.54, 1.807) is 0 Å². The molecule has 0 radical (unpaired) electrons. The third kappa shape index (κ3) is 5.02. The summed E-state index contributed by atoms with van der Waals surface area (Å²) in [4.78, 5) is 12.1.